The predicted molar refractivity (Wildman–Crippen MR) is 158 cm³/mol. The van der Waals surface area contributed by atoms with Crippen LogP contribution in [0.15, 0.2) is 78.9 Å². The van der Waals surface area contributed by atoms with Gasteiger partial charge in [-0.3, -0.25) is 9.59 Å². The minimum Gasteiger partial charge on any atom is -0.493 e. The molecule has 1 N–H and O–H groups in total. The third-order valence-corrected chi connectivity index (χ3v) is 6.58. The summed E-state index contributed by atoms with van der Waals surface area (Å²) in [4.78, 5) is 29.1. The normalized spacial score (nSPS) is 13.6. The fraction of sp³-hybridized carbons (Fsp3) is 0.226. The average Bonchev–Trinajstić information content (AvgIpc) is 2.96. The van der Waals surface area contributed by atoms with Crippen LogP contribution < -0.4 is 19.7 Å². The average molecular weight is 546 g/mol. The number of carbonyl (C=O) groups excluding carboxylic acids is 2. The molecule has 0 aliphatic carbocycles. The van der Waals surface area contributed by atoms with Crippen LogP contribution in [0.3, 0.4) is 0 Å². The number of methoxy groups -OCH3 is 1. The molecule has 2 amide bonds. The van der Waals surface area contributed by atoms with Crippen molar-refractivity contribution in [3.63, 3.8) is 0 Å². The summed E-state index contributed by atoms with van der Waals surface area (Å²) in [6.07, 6.45) is 6.62. The molecule has 0 atom stereocenters. The van der Waals surface area contributed by atoms with Crippen LogP contribution in [-0.4, -0.2) is 56.6 Å². The van der Waals surface area contributed by atoms with Gasteiger partial charge in [-0.25, -0.2) is 0 Å². The number of anilines is 2. The van der Waals surface area contributed by atoms with Crippen molar-refractivity contribution in [1.29, 1.82) is 0 Å². The molecule has 0 bridgehead atoms. The first-order chi connectivity index (χ1) is 19.0. The largest absolute Gasteiger partial charge is 0.493 e. The fourth-order valence-corrected chi connectivity index (χ4v) is 4.56. The van der Waals surface area contributed by atoms with Crippen molar-refractivity contribution in [2.24, 2.45) is 0 Å². The maximum Gasteiger partial charge on any atom is 0.248 e. The lowest BCUT2D eigenvalue weighted by molar-refractivity contribution is -0.126. The summed E-state index contributed by atoms with van der Waals surface area (Å²) in [6, 6.07) is 20.7. The quantitative estimate of drug-likeness (QED) is 0.346. The summed E-state index contributed by atoms with van der Waals surface area (Å²) in [5.41, 5.74) is 3.28. The Balaban J connectivity index is 1.30. The summed E-state index contributed by atoms with van der Waals surface area (Å²) in [7, 11) is 1.58. The molecule has 0 saturated carbocycles. The van der Waals surface area contributed by atoms with Crippen molar-refractivity contribution in [2.45, 2.75) is 6.92 Å². The number of amides is 2. The molecule has 1 aliphatic rings. The lowest BCUT2D eigenvalue weighted by Crippen LogP contribution is -2.48. The second-order valence-electron chi connectivity index (χ2n) is 8.89. The first kappa shape index (κ1) is 27.8. The standard InChI is InChI=1S/C31H32ClN3O4/c1-3-39-28-14-9-24(21-29(28)38-2)10-15-30(36)33-25-12-13-27(26(32)22-25)34-17-19-35(20-18-34)31(37)16-11-23-7-5-4-6-8-23/h4-16,21-22H,3,17-20H2,1-2H3,(H,33,36)/b15-10+,16-11+. The topological polar surface area (TPSA) is 71.1 Å². The van der Waals surface area contributed by atoms with Gasteiger partial charge in [-0.1, -0.05) is 48.0 Å². The zero-order valence-corrected chi connectivity index (χ0v) is 22.9. The highest BCUT2D eigenvalue weighted by Crippen LogP contribution is 2.30. The lowest BCUT2D eigenvalue weighted by Gasteiger charge is -2.36. The third-order valence-electron chi connectivity index (χ3n) is 6.28. The van der Waals surface area contributed by atoms with Gasteiger partial charge in [-0.2, -0.15) is 0 Å². The van der Waals surface area contributed by atoms with Gasteiger partial charge in [0.1, 0.15) is 0 Å². The van der Waals surface area contributed by atoms with E-state index in [-0.39, 0.29) is 11.8 Å². The van der Waals surface area contributed by atoms with Gasteiger partial charge >= 0.3 is 0 Å². The van der Waals surface area contributed by atoms with Crippen molar-refractivity contribution in [3.05, 3.63) is 95.0 Å². The van der Waals surface area contributed by atoms with Gasteiger partial charge < -0.3 is 24.6 Å². The van der Waals surface area contributed by atoms with Crippen LogP contribution in [0.5, 0.6) is 11.5 Å². The smallest absolute Gasteiger partial charge is 0.248 e. The van der Waals surface area contributed by atoms with Gasteiger partial charge in [0.15, 0.2) is 11.5 Å². The number of hydrogen-bond acceptors (Lipinski definition) is 5. The number of rotatable bonds is 9. The van der Waals surface area contributed by atoms with Gasteiger partial charge in [0.25, 0.3) is 0 Å². The molecule has 7 nitrogen and oxygen atoms in total. The molecule has 1 saturated heterocycles. The SMILES string of the molecule is CCOc1ccc(/C=C/C(=O)Nc2ccc(N3CCN(C(=O)/C=C/c4ccccc4)CC3)c(Cl)c2)cc1OC. The van der Waals surface area contributed by atoms with E-state index >= 15 is 0 Å². The number of hydrogen-bond donors (Lipinski definition) is 1. The highest BCUT2D eigenvalue weighted by atomic mass is 35.5. The Morgan fingerprint density at radius 2 is 1.64 bits per heavy atom. The minimum atomic E-state index is -0.276. The van der Waals surface area contributed by atoms with E-state index < -0.39 is 0 Å². The number of carbonyl (C=O) groups is 2. The monoisotopic (exact) mass is 545 g/mol. The Kier molecular flexibility index (Phi) is 9.64. The molecule has 1 aliphatic heterocycles. The summed E-state index contributed by atoms with van der Waals surface area (Å²) in [6.45, 7) is 5.00. The Bertz CT molecular complexity index is 1350. The first-order valence-electron chi connectivity index (χ1n) is 12.8. The minimum absolute atomic E-state index is 0.000560. The number of nitrogens with zero attached hydrogens (tertiary/aromatic N) is 2. The van der Waals surface area contributed by atoms with E-state index in [9.17, 15) is 9.59 Å². The van der Waals surface area contributed by atoms with Gasteiger partial charge in [0.2, 0.25) is 11.8 Å². The van der Waals surface area contributed by atoms with E-state index in [0.29, 0.717) is 55.0 Å². The second-order valence-corrected chi connectivity index (χ2v) is 9.30. The van der Waals surface area contributed by atoms with Crippen molar-refractivity contribution in [3.8, 4) is 11.5 Å². The van der Waals surface area contributed by atoms with Gasteiger partial charge in [-0.05, 0) is 60.5 Å². The van der Waals surface area contributed by atoms with E-state index in [4.69, 9.17) is 21.1 Å². The molecule has 0 unspecified atom stereocenters. The fourth-order valence-electron chi connectivity index (χ4n) is 4.26. The zero-order valence-electron chi connectivity index (χ0n) is 22.1. The van der Waals surface area contributed by atoms with Crippen molar-refractivity contribution in [1.82, 2.24) is 4.90 Å². The predicted octanol–water partition coefficient (Wildman–Crippen LogP) is 5.76. The maximum absolute atomic E-state index is 12.6. The molecule has 0 aromatic heterocycles. The summed E-state index contributed by atoms with van der Waals surface area (Å²) >= 11 is 6.58. The van der Waals surface area contributed by atoms with E-state index in [2.05, 4.69) is 10.2 Å². The molecular formula is C31H32ClN3O4. The summed E-state index contributed by atoms with van der Waals surface area (Å²) in [5, 5.41) is 3.39. The number of piperazine rings is 1. The second kappa shape index (κ2) is 13.5. The molecule has 8 heteroatoms. The highest BCUT2D eigenvalue weighted by Gasteiger charge is 2.21. The Hall–Kier alpha value is -4.23. The zero-order chi connectivity index (χ0) is 27.6. The van der Waals surface area contributed by atoms with Crippen molar-refractivity contribution in [2.75, 3.05) is 50.1 Å². The lowest BCUT2D eigenvalue weighted by atomic mass is 10.2. The Labute approximate surface area is 234 Å². The van der Waals surface area contributed by atoms with Crippen LogP contribution in [0, 0.1) is 0 Å². The molecule has 1 heterocycles. The summed E-state index contributed by atoms with van der Waals surface area (Å²) < 4.78 is 10.9. The molecule has 1 fully saturated rings. The summed E-state index contributed by atoms with van der Waals surface area (Å²) in [5.74, 6) is 0.988. The van der Waals surface area contributed by atoms with Gasteiger partial charge in [0, 0.05) is 44.0 Å². The number of halogens is 1. The van der Waals surface area contributed by atoms with Crippen LogP contribution in [0.1, 0.15) is 18.1 Å². The molecule has 202 valence electrons. The van der Waals surface area contributed by atoms with Crippen LogP contribution in [0.4, 0.5) is 11.4 Å². The van der Waals surface area contributed by atoms with E-state index in [0.717, 1.165) is 16.8 Å². The molecule has 0 spiro atoms. The Morgan fingerprint density at radius 3 is 2.33 bits per heavy atom. The molecular weight excluding hydrogens is 514 g/mol. The van der Waals surface area contributed by atoms with Crippen molar-refractivity contribution >= 4 is 46.9 Å². The van der Waals surface area contributed by atoms with Crippen molar-refractivity contribution < 1.29 is 19.1 Å². The Morgan fingerprint density at radius 1 is 0.897 bits per heavy atom. The number of ether oxygens (including phenoxy) is 2. The van der Waals surface area contributed by atoms with Gasteiger partial charge in [-0.15, -0.1) is 0 Å². The molecule has 3 aromatic carbocycles. The van der Waals surface area contributed by atoms with E-state index in [1.54, 1.807) is 25.3 Å². The molecule has 4 rings (SSSR count). The number of nitrogens with one attached hydrogen (secondary N) is 1. The highest BCUT2D eigenvalue weighted by molar-refractivity contribution is 6.33. The van der Waals surface area contributed by atoms with E-state index in [1.807, 2.05) is 78.6 Å². The van der Waals surface area contributed by atoms with Gasteiger partial charge in [0.05, 0.1) is 24.4 Å². The maximum atomic E-state index is 12.6. The van der Waals surface area contributed by atoms with Crippen LogP contribution in [-0.2, 0) is 9.59 Å². The van der Waals surface area contributed by atoms with Crippen LogP contribution >= 0.6 is 11.6 Å². The van der Waals surface area contributed by atoms with Crippen LogP contribution in [0.2, 0.25) is 5.02 Å². The third kappa shape index (κ3) is 7.65. The molecule has 3 aromatic rings. The molecule has 0 radical (unpaired) electrons. The first-order valence-corrected chi connectivity index (χ1v) is 13.2. The molecule has 39 heavy (non-hydrogen) atoms. The van der Waals surface area contributed by atoms with E-state index in [1.165, 1.54) is 6.08 Å². The number of benzene rings is 3. The van der Waals surface area contributed by atoms with Crippen LogP contribution in [0.25, 0.3) is 12.2 Å².